The Morgan fingerprint density at radius 1 is 0.270 bits per heavy atom. The standard InChI is InChI=1S/C60H38N2O/c1-3-13-39(14-4-1)41-25-32-57-54(35-41)55-36-42(26-33-58(55)62(57)43-15-5-2-6-16-43)40-23-27-44(28-24-40)61(46-30-34-60-56(38-46)52-21-11-12-22-59(52)63-60)45-29-31-51-49-19-8-7-17-47(49)48-18-9-10-20-50(48)53(51)37-45/h1-38H. The van der Waals surface area contributed by atoms with E-state index in [4.69, 9.17) is 4.42 Å². The molecule has 2 heterocycles. The fourth-order valence-corrected chi connectivity index (χ4v) is 10.0. The molecule has 0 N–H and O–H groups in total. The summed E-state index contributed by atoms with van der Waals surface area (Å²) in [5, 5.41) is 12.2. The summed E-state index contributed by atoms with van der Waals surface area (Å²) in [4.78, 5) is 2.39. The van der Waals surface area contributed by atoms with E-state index in [2.05, 4.69) is 228 Å². The third kappa shape index (κ3) is 5.67. The maximum atomic E-state index is 6.30. The molecule has 0 unspecified atom stereocenters. The van der Waals surface area contributed by atoms with Gasteiger partial charge in [0.15, 0.2) is 0 Å². The largest absolute Gasteiger partial charge is 0.456 e. The van der Waals surface area contributed by atoms with Crippen molar-refractivity contribution in [1.29, 1.82) is 0 Å². The van der Waals surface area contributed by atoms with Crippen molar-refractivity contribution in [3.05, 3.63) is 231 Å². The summed E-state index contributed by atoms with van der Waals surface area (Å²) in [5.41, 5.74) is 13.3. The van der Waals surface area contributed by atoms with Gasteiger partial charge in [0.25, 0.3) is 0 Å². The molecule has 0 fully saturated rings. The minimum atomic E-state index is 0.881. The fourth-order valence-electron chi connectivity index (χ4n) is 10.0. The van der Waals surface area contributed by atoms with E-state index in [1.807, 2.05) is 12.1 Å². The van der Waals surface area contributed by atoms with Crippen LogP contribution in [0.25, 0.3) is 104 Å². The number of anilines is 3. The molecular weight excluding hydrogens is 765 g/mol. The van der Waals surface area contributed by atoms with E-state index in [0.717, 1.165) is 50.3 Å². The van der Waals surface area contributed by atoms with Crippen LogP contribution in [0.5, 0.6) is 0 Å². The zero-order chi connectivity index (χ0) is 41.4. The Labute approximate surface area is 363 Å². The highest BCUT2D eigenvalue weighted by atomic mass is 16.3. The molecule has 13 rings (SSSR count). The molecule has 0 amide bonds. The maximum absolute atomic E-state index is 6.30. The van der Waals surface area contributed by atoms with Gasteiger partial charge >= 0.3 is 0 Å². The predicted octanol–water partition coefficient (Wildman–Crippen LogP) is 16.9. The second-order valence-electron chi connectivity index (χ2n) is 16.5. The molecule has 63 heavy (non-hydrogen) atoms. The van der Waals surface area contributed by atoms with Gasteiger partial charge in [-0.1, -0.05) is 146 Å². The van der Waals surface area contributed by atoms with E-state index in [1.165, 1.54) is 70.8 Å². The molecule has 3 nitrogen and oxygen atoms in total. The minimum absolute atomic E-state index is 0.881. The number of hydrogen-bond acceptors (Lipinski definition) is 2. The molecule has 0 radical (unpaired) electrons. The monoisotopic (exact) mass is 802 g/mol. The van der Waals surface area contributed by atoms with Crippen molar-refractivity contribution < 1.29 is 4.42 Å². The second kappa shape index (κ2) is 14.1. The Hall–Kier alpha value is -8.40. The van der Waals surface area contributed by atoms with E-state index >= 15 is 0 Å². The number of rotatable bonds is 6. The van der Waals surface area contributed by atoms with Gasteiger partial charge in [-0.3, -0.25) is 0 Å². The van der Waals surface area contributed by atoms with Crippen LogP contribution in [0.2, 0.25) is 0 Å². The molecular formula is C60H38N2O. The lowest BCUT2D eigenvalue weighted by Gasteiger charge is -2.26. The van der Waals surface area contributed by atoms with Gasteiger partial charge in [-0.15, -0.1) is 0 Å². The van der Waals surface area contributed by atoms with Gasteiger partial charge in [0, 0.05) is 44.3 Å². The van der Waals surface area contributed by atoms with Crippen LogP contribution in [-0.2, 0) is 0 Å². The summed E-state index contributed by atoms with van der Waals surface area (Å²) < 4.78 is 8.69. The van der Waals surface area contributed by atoms with Crippen molar-refractivity contribution in [3.8, 4) is 27.9 Å². The lowest BCUT2D eigenvalue weighted by molar-refractivity contribution is 0.669. The topological polar surface area (TPSA) is 21.3 Å². The highest BCUT2D eigenvalue weighted by molar-refractivity contribution is 6.26. The fraction of sp³-hybridized carbons (Fsp3) is 0. The van der Waals surface area contributed by atoms with Crippen LogP contribution in [-0.4, -0.2) is 4.57 Å². The van der Waals surface area contributed by atoms with Crippen molar-refractivity contribution in [3.63, 3.8) is 0 Å². The van der Waals surface area contributed by atoms with Crippen molar-refractivity contribution in [2.45, 2.75) is 0 Å². The number of hydrogen-bond donors (Lipinski definition) is 0. The van der Waals surface area contributed by atoms with Crippen LogP contribution in [0, 0.1) is 0 Å². The van der Waals surface area contributed by atoms with E-state index < -0.39 is 0 Å². The third-order valence-corrected chi connectivity index (χ3v) is 12.9. The predicted molar refractivity (Wildman–Crippen MR) is 266 cm³/mol. The number of furan rings is 1. The zero-order valence-electron chi connectivity index (χ0n) is 34.2. The Morgan fingerprint density at radius 2 is 0.714 bits per heavy atom. The lowest BCUT2D eigenvalue weighted by Crippen LogP contribution is -2.10. The molecule has 13 aromatic rings. The lowest BCUT2D eigenvalue weighted by atomic mass is 9.94. The summed E-state index contributed by atoms with van der Waals surface area (Å²) in [6, 6.07) is 83.6. The summed E-state index contributed by atoms with van der Waals surface area (Å²) in [5.74, 6) is 0. The average molecular weight is 803 g/mol. The van der Waals surface area contributed by atoms with E-state index in [0.29, 0.717) is 0 Å². The summed E-state index contributed by atoms with van der Waals surface area (Å²) in [6.07, 6.45) is 0. The molecule has 0 aliphatic rings. The van der Waals surface area contributed by atoms with Crippen LogP contribution in [0.15, 0.2) is 235 Å². The Bertz CT molecular complexity index is 3860. The van der Waals surface area contributed by atoms with Gasteiger partial charge in [-0.05, 0) is 140 Å². The zero-order valence-corrected chi connectivity index (χ0v) is 34.2. The van der Waals surface area contributed by atoms with Gasteiger partial charge in [-0.2, -0.15) is 0 Å². The first kappa shape index (κ1) is 35.4. The second-order valence-corrected chi connectivity index (χ2v) is 16.5. The van der Waals surface area contributed by atoms with Gasteiger partial charge in [0.1, 0.15) is 11.2 Å². The third-order valence-electron chi connectivity index (χ3n) is 12.9. The van der Waals surface area contributed by atoms with Crippen LogP contribution in [0.3, 0.4) is 0 Å². The van der Waals surface area contributed by atoms with Crippen LogP contribution in [0.4, 0.5) is 17.1 Å². The van der Waals surface area contributed by atoms with Crippen molar-refractivity contribution in [2.75, 3.05) is 4.90 Å². The van der Waals surface area contributed by atoms with Crippen LogP contribution in [0.1, 0.15) is 0 Å². The average Bonchev–Trinajstić information content (AvgIpc) is 3.90. The molecule has 3 heteroatoms. The quantitative estimate of drug-likeness (QED) is 0.156. The van der Waals surface area contributed by atoms with E-state index in [1.54, 1.807) is 0 Å². The molecule has 0 aliphatic carbocycles. The molecule has 2 aromatic heterocycles. The highest BCUT2D eigenvalue weighted by Crippen LogP contribution is 2.44. The Balaban J connectivity index is 0.977. The Kier molecular flexibility index (Phi) is 7.91. The molecule has 294 valence electrons. The number of nitrogens with zero attached hydrogens (tertiary/aromatic N) is 2. The minimum Gasteiger partial charge on any atom is -0.456 e. The smallest absolute Gasteiger partial charge is 0.135 e. The number of benzene rings is 11. The van der Waals surface area contributed by atoms with Gasteiger partial charge in [0.2, 0.25) is 0 Å². The number of para-hydroxylation sites is 2. The summed E-state index contributed by atoms with van der Waals surface area (Å²) in [7, 11) is 0. The van der Waals surface area contributed by atoms with Gasteiger partial charge in [0.05, 0.1) is 11.0 Å². The number of aromatic nitrogens is 1. The SMILES string of the molecule is c1ccc(-c2ccc3c(c2)c2cc(-c4ccc(N(c5ccc6oc7ccccc7c6c5)c5ccc6c7ccccc7c7ccccc7c6c5)cc4)ccc2n3-c2ccccc2)cc1. The van der Waals surface area contributed by atoms with Crippen LogP contribution < -0.4 is 4.90 Å². The first-order chi connectivity index (χ1) is 31.2. The summed E-state index contributed by atoms with van der Waals surface area (Å²) in [6.45, 7) is 0. The van der Waals surface area contributed by atoms with Gasteiger partial charge in [-0.25, -0.2) is 0 Å². The van der Waals surface area contributed by atoms with Crippen LogP contribution >= 0.6 is 0 Å². The van der Waals surface area contributed by atoms with Crippen molar-refractivity contribution in [1.82, 2.24) is 4.57 Å². The highest BCUT2D eigenvalue weighted by Gasteiger charge is 2.19. The molecule has 0 aliphatic heterocycles. The number of fused-ring (bicyclic) bond motifs is 12. The molecule has 0 saturated heterocycles. The van der Waals surface area contributed by atoms with Crippen molar-refractivity contribution >= 4 is 93.1 Å². The van der Waals surface area contributed by atoms with E-state index in [9.17, 15) is 0 Å². The Morgan fingerprint density at radius 3 is 1.35 bits per heavy atom. The molecule has 0 saturated carbocycles. The molecule has 11 aromatic carbocycles. The normalized spacial score (nSPS) is 11.8. The first-order valence-corrected chi connectivity index (χ1v) is 21.6. The molecule has 0 atom stereocenters. The summed E-state index contributed by atoms with van der Waals surface area (Å²) >= 11 is 0. The first-order valence-electron chi connectivity index (χ1n) is 21.6. The van der Waals surface area contributed by atoms with Gasteiger partial charge < -0.3 is 13.9 Å². The molecule has 0 spiro atoms. The maximum Gasteiger partial charge on any atom is 0.135 e. The van der Waals surface area contributed by atoms with Crippen molar-refractivity contribution in [2.24, 2.45) is 0 Å². The molecule has 0 bridgehead atoms. The van der Waals surface area contributed by atoms with E-state index in [-0.39, 0.29) is 0 Å².